The molecule has 2 aromatic rings. The van der Waals surface area contributed by atoms with Gasteiger partial charge in [-0.1, -0.05) is 30.3 Å². The third-order valence-electron chi connectivity index (χ3n) is 3.00. The average Bonchev–Trinajstić information content (AvgIpc) is 2.46. The van der Waals surface area contributed by atoms with Crippen LogP contribution < -0.4 is 5.32 Å². The first-order valence-electron chi connectivity index (χ1n) is 6.11. The second kappa shape index (κ2) is 6.28. The van der Waals surface area contributed by atoms with E-state index in [0.717, 1.165) is 12.1 Å². The van der Waals surface area contributed by atoms with Crippen LogP contribution in [-0.2, 0) is 13.2 Å². The Morgan fingerprint density at radius 1 is 1.17 bits per heavy atom. The van der Waals surface area contributed by atoms with Crippen LogP contribution in [0.2, 0.25) is 0 Å². The number of nitrogens with one attached hydrogen (secondary N) is 1. The molecule has 1 heterocycles. The molecule has 0 fully saturated rings. The van der Waals surface area contributed by atoms with E-state index in [1.165, 1.54) is 11.1 Å². The number of aliphatic hydroxyl groups excluding tert-OH is 1. The van der Waals surface area contributed by atoms with Crippen LogP contribution in [0.4, 0.5) is 0 Å². The summed E-state index contributed by atoms with van der Waals surface area (Å²) in [5, 5.41) is 12.4. The smallest absolute Gasteiger partial charge is 0.0681 e. The van der Waals surface area contributed by atoms with Crippen molar-refractivity contribution in [1.29, 1.82) is 0 Å². The van der Waals surface area contributed by atoms with Gasteiger partial charge in [-0.05, 0) is 29.7 Å². The quantitative estimate of drug-likeness (QED) is 0.846. The van der Waals surface area contributed by atoms with Crippen molar-refractivity contribution in [2.75, 3.05) is 0 Å². The molecular weight excluding hydrogens is 224 g/mol. The maximum atomic E-state index is 8.97. The Hall–Kier alpha value is -1.71. The van der Waals surface area contributed by atoms with Crippen LogP contribution in [0.1, 0.15) is 29.7 Å². The highest BCUT2D eigenvalue weighted by Gasteiger charge is 2.04. The molecule has 1 aromatic heterocycles. The molecule has 0 saturated carbocycles. The molecule has 0 unspecified atom stereocenters. The fraction of sp³-hybridized carbons (Fsp3) is 0.267. The number of benzene rings is 1. The van der Waals surface area contributed by atoms with Gasteiger partial charge >= 0.3 is 0 Å². The molecule has 0 saturated heterocycles. The molecule has 0 amide bonds. The summed E-state index contributed by atoms with van der Waals surface area (Å²) in [6.07, 6.45) is 3.66. The maximum Gasteiger partial charge on any atom is 0.0681 e. The Bertz CT molecular complexity index is 468. The number of pyridine rings is 1. The lowest BCUT2D eigenvalue weighted by atomic mass is 10.1. The van der Waals surface area contributed by atoms with E-state index in [2.05, 4.69) is 23.3 Å². The number of hydrogen-bond acceptors (Lipinski definition) is 3. The third-order valence-corrected chi connectivity index (χ3v) is 3.00. The molecular formula is C15H18N2O. The van der Waals surface area contributed by atoms with Crippen molar-refractivity contribution in [2.45, 2.75) is 26.1 Å². The van der Waals surface area contributed by atoms with E-state index in [9.17, 15) is 0 Å². The SMILES string of the molecule is C[C@@H](NCc1ccc(CO)cc1)c1cccnc1. The largest absolute Gasteiger partial charge is 0.392 e. The summed E-state index contributed by atoms with van der Waals surface area (Å²) in [4.78, 5) is 4.12. The molecule has 2 N–H and O–H groups in total. The maximum absolute atomic E-state index is 8.97. The van der Waals surface area contributed by atoms with Gasteiger partial charge in [0.25, 0.3) is 0 Å². The summed E-state index contributed by atoms with van der Waals surface area (Å²) in [7, 11) is 0. The summed E-state index contributed by atoms with van der Waals surface area (Å²) in [6.45, 7) is 3.03. The minimum absolute atomic E-state index is 0.0970. The molecule has 94 valence electrons. The van der Waals surface area contributed by atoms with Crippen LogP contribution in [0.25, 0.3) is 0 Å². The lowest BCUT2D eigenvalue weighted by Gasteiger charge is -2.13. The molecule has 18 heavy (non-hydrogen) atoms. The average molecular weight is 242 g/mol. The van der Waals surface area contributed by atoms with Crippen LogP contribution >= 0.6 is 0 Å². The monoisotopic (exact) mass is 242 g/mol. The zero-order chi connectivity index (χ0) is 12.8. The number of hydrogen-bond donors (Lipinski definition) is 2. The van der Waals surface area contributed by atoms with Gasteiger partial charge in [0.15, 0.2) is 0 Å². The first kappa shape index (κ1) is 12.7. The number of aromatic nitrogens is 1. The summed E-state index contributed by atoms with van der Waals surface area (Å²) in [5.41, 5.74) is 3.34. The van der Waals surface area contributed by atoms with Crippen molar-refractivity contribution in [3.8, 4) is 0 Å². The van der Waals surface area contributed by atoms with Gasteiger partial charge in [-0.2, -0.15) is 0 Å². The highest BCUT2D eigenvalue weighted by Crippen LogP contribution is 2.11. The molecule has 0 spiro atoms. The van der Waals surface area contributed by atoms with Gasteiger partial charge < -0.3 is 10.4 Å². The van der Waals surface area contributed by atoms with Gasteiger partial charge in [0.05, 0.1) is 6.61 Å². The predicted molar refractivity (Wildman–Crippen MR) is 71.9 cm³/mol. The van der Waals surface area contributed by atoms with Gasteiger partial charge in [-0.25, -0.2) is 0 Å². The molecule has 0 aliphatic rings. The Morgan fingerprint density at radius 3 is 2.50 bits per heavy atom. The topological polar surface area (TPSA) is 45.1 Å². The normalized spacial score (nSPS) is 12.3. The van der Waals surface area contributed by atoms with Crippen molar-refractivity contribution in [3.05, 3.63) is 65.5 Å². The van der Waals surface area contributed by atoms with Gasteiger partial charge in [0.1, 0.15) is 0 Å². The van der Waals surface area contributed by atoms with Gasteiger partial charge in [0.2, 0.25) is 0 Å². The fourth-order valence-electron chi connectivity index (χ4n) is 1.78. The van der Waals surface area contributed by atoms with E-state index in [1.54, 1.807) is 6.20 Å². The highest BCUT2D eigenvalue weighted by molar-refractivity contribution is 5.22. The van der Waals surface area contributed by atoms with Crippen molar-refractivity contribution >= 4 is 0 Å². The summed E-state index contributed by atoms with van der Waals surface area (Å²) in [5.74, 6) is 0. The molecule has 2 rings (SSSR count). The van der Waals surface area contributed by atoms with Crippen LogP contribution in [0, 0.1) is 0 Å². The molecule has 3 nitrogen and oxygen atoms in total. The van der Waals surface area contributed by atoms with Gasteiger partial charge in [-0.3, -0.25) is 4.98 Å². The first-order chi connectivity index (χ1) is 8.79. The zero-order valence-electron chi connectivity index (χ0n) is 10.5. The van der Waals surface area contributed by atoms with Crippen LogP contribution in [-0.4, -0.2) is 10.1 Å². The Balaban J connectivity index is 1.91. The van der Waals surface area contributed by atoms with Crippen molar-refractivity contribution < 1.29 is 5.11 Å². The number of rotatable bonds is 5. The highest BCUT2D eigenvalue weighted by atomic mass is 16.3. The molecule has 0 radical (unpaired) electrons. The van der Waals surface area contributed by atoms with E-state index in [4.69, 9.17) is 5.11 Å². The molecule has 0 bridgehead atoms. The summed E-state index contributed by atoms with van der Waals surface area (Å²) >= 11 is 0. The molecule has 0 aliphatic carbocycles. The van der Waals surface area contributed by atoms with E-state index in [-0.39, 0.29) is 12.6 Å². The number of nitrogens with zero attached hydrogens (tertiary/aromatic N) is 1. The Morgan fingerprint density at radius 2 is 1.89 bits per heavy atom. The lowest BCUT2D eigenvalue weighted by Crippen LogP contribution is -2.18. The second-order valence-electron chi connectivity index (χ2n) is 4.36. The van der Waals surface area contributed by atoms with Crippen molar-refractivity contribution in [3.63, 3.8) is 0 Å². The summed E-state index contributed by atoms with van der Waals surface area (Å²) in [6, 6.07) is 12.3. The second-order valence-corrected chi connectivity index (χ2v) is 4.36. The lowest BCUT2D eigenvalue weighted by molar-refractivity contribution is 0.282. The van der Waals surface area contributed by atoms with E-state index in [0.29, 0.717) is 0 Å². The molecule has 1 aromatic carbocycles. The Kier molecular flexibility index (Phi) is 4.45. The Labute approximate surface area is 108 Å². The van der Waals surface area contributed by atoms with E-state index in [1.807, 2.05) is 36.5 Å². The van der Waals surface area contributed by atoms with Crippen LogP contribution in [0.3, 0.4) is 0 Å². The van der Waals surface area contributed by atoms with Gasteiger partial charge in [-0.15, -0.1) is 0 Å². The molecule has 3 heteroatoms. The predicted octanol–water partition coefficient (Wildman–Crippen LogP) is 2.42. The van der Waals surface area contributed by atoms with Crippen LogP contribution in [0.15, 0.2) is 48.8 Å². The zero-order valence-corrected chi connectivity index (χ0v) is 10.5. The van der Waals surface area contributed by atoms with Crippen LogP contribution in [0.5, 0.6) is 0 Å². The minimum Gasteiger partial charge on any atom is -0.392 e. The first-order valence-corrected chi connectivity index (χ1v) is 6.11. The molecule has 0 aliphatic heterocycles. The number of aliphatic hydroxyl groups is 1. The van der Waals surface area contributed by atoms with Gasteiger partial charge in [0, 0.05) is 25.0 Å². The van der Waals surface area contributed by atoms with E-state index < -0.39 is 0 Å². The molecule has 1 atom stereocenters. The third kappa shape index (κ3) is 3.39. The standard InChI is InChI=1S/C15H18N2O/c1-12(15-3-2-8-16-10-15)17-9-13-4-6-14(11-18)7-5-13/h2-8,10,12,17-18H,9,11H2,1H3/t12-/m1/s1. The fourth-order valence-corrected chi connectivity index (χ4v) is 1.78. The summed E-state index contributed by atoms with van der Waals surface area (Å²) < 4.78 is 0. The van der Waals surface area contributed by atoms with E-state index >= 15 is 0 Å². The van der Waals surface area contributed by atoms with Crippen molar-refractivity contribution in [1.82, 2.24) is 10.3 Å². The minimum atomic E-state index is 0.0970. The van der Waals surface area contributed by atoms with Crippen molar-refractivity contribution in [2.24, 2.45) is 0 Å².